The quantitative estimate of drug-likeness (QED) is 0.674. The Kier molecular flexibility index (Phi) is 5.50. The molecule has 0 spiro atoms. The van der Waals surface area contributed by atoms with Crippen molar-refractivity contribution in [1.82, 2.24) is 10.3 Å². The number of aryl methyl sites for hydroxylation is 1. The van der Waals surface area contributed by atoms with Gasteiger partial charge >= 0.3 is 0 Å². The molecule has 0 saturated carbocycles. The molecule has 0 unspecified atom stereocenters. The average Bonchev–Trinajstić information content (AvgIpc) is 3.23. The standard InChI is InChI=1S/C18H20N2O2S2/c1-12-6-7-23-18(12)16-10-20-17(24-16)11-19-9-13-4-5-14(21-2)15(8-13)22-3/h4-8,10,19H,9,11H2,1-3H3. The van der Waals surface area contributed by atoms with E-state index >= 15 is 0 Å². The van der Waals surface area contributed by atoms with Crippen molar-refractivity contribution in [3.8, 4) is 21.3 Å². The average molecular weight is 361 g/mol. The van der Waals surface area contributed by atoms with E-state index in [9.17, 15) is 0 Å². The van der Waals surface area contributed by atoms with E-state index in [1.807, 2.05) is 24.4 Å². The Morgan fingerprint density at radius 3 is 2.62 bits per heavy atom. The molecule has 1 N–H and O–H groups in total. The molecular weight excluding hydrogens is 340 g/mol. The van der Waals surface area contributed by atoms with Crippen molar-refractivity contribution < 1.29 is 9.47 Å². The molecule has 6 heteroatoms. The maximum atomic E-state index is 5.34. The third kappa shape index (κ3) is 3.77. The number of nitrogens with zero attached hydrogens (tertiary/aromatic N) is 1. The second-order valence-corrected chi connectivity index (χ2v) is 7.38. The number of ether oxygens (including phenoxy) is 2. The van der Waals surface area contributed by atoms with Gasteiger partial charge in [0.1, 0.15) is 5.01 Å². The summed E-state index contributed by atoms with van der Waals surface area (Å²) in [5.74, 6) is 1.50. The first-order valence-electron chi connectivity index (χ1n) is 7.62. The van der Waals surface area contributed by atoms with Crippen LogP contribution in [0.15, 0.2) is 35.8 Å². The number of thiazole rings is 1. The van der Waals surface area contributed by atoms with E-state index < -0.39 is 0 Å². The van der Waals surface area contributed by atoms with Crippen molar-refractivity contribution in [2.24, 2.45) is 0 Å². The number of thiophene rings is 1. The molecule has 0 radical (unpaired) electrons. The molecule has 0 atom stereocenters. The number of rotatable bonds is 7. The summed E-state index contributed by atoms with van der Waals surface area (Å²) in [5.41, 5.74) is 2.46. The summed E-state index contributed by atoms with van der Waals surface area (Å²) in [6, 6.07) is 8.11. The molecule has 4 nitrogen and oxygen atoms in total. The van der Waals surface area contributed by atoms with Gasteiger partial charge in [-0.25, -0.2) is 4.98 Å². The van der Waals surface area contributed by atoms with Crippen LogP contribution >= 0.6 is 22.7 Å². The van der Waals surface area contributed by atoms with Gasteiger partial charge in [0.25, 0.3) is 0 Å². The fraction of sp³-hybridized carbons (Fsp3) is 0.278. The van der Waals surface area contributed by atoms with Gasteiger partial charge < -0.3 is 14.8 Å². The number of hydrogen-bond donors (Lipinski definition) is 1. The van der Waals surface area contributed by atoms with Crippen LogP contribution in [0.3, 0.4) is 0 Å². The Labute approximate surface area is 150 Å². The lowest BCUT2D eigenvalue weighted by molar-refractivity contribution is 0.354. The first-order valence-corrected chi connectivity index (χ1v) is 9.31. The molecule has 2 heterocycles. The van der Waals surface area contributed by atoms with Crippen molar-refractivity contribution in [1.29, 1.82) is 0 Å². The molecule has 0 aliphatic carbocycles. The first-order chi connectivity index (χ1) is 11.7. The molecule has 0 saturated heterocycles. The van der Waals surface area contributed by atoms with Crippen molar-refractivity contribution >= 4 is 22.7 Å². The summed E-state index contributed by atoms with van der Waals surface area (Å²) in [6.07, 6.45) is 1.97. The highest BCUT2D eigenvalue weighted by Gasteiger charge is 2.09. The number of methoxy groups -OCH3 is 2. The highest BCUT2D eigenvalue weighted by Crippen LogP contribution is 2.33. The molecule has 0 amide bonds. The van der Waals surface area contributed by atoms with E-state index in [2.05, 4.69) is 28.7 Å². The molecule has 3 aromatic rings. The summed E-state index contributed by atoms with van der Waals surface area (Å²) in [4.78, 5) is 7.08. The van der Waals surface area contributed by atoms with Crippen LogP contribution in [0.4, 0.5) is 0 Å². The molecule has 126 valence electrons. The zero-order chi connectivity index (χ0) is 16.9. The molecule has 24 heavy (non-hydrogen) atoms. The minimum Gasteiger partial charge on any atom is -0.493 e. The minimum atomic E-state index is 0.747. The van der Waals surface area contributed by atoms with Gasteiger partial charge in [0.15, 0.2) is 11.5 Å². The predicted molar refractivity (Wildman–Crippen MR) is 100 cm³/mol. The number of benzene rings is 1. The van der Waals surface area contributed by atoms with Crippen molar-refractivity contribution in [2.45, 2.75) is 20.0 Å². The summed E-state index contributed by atoms with van der Waals surface area (Å²) in [6.45, 7) is 3.65. The Hall–Kier alpha value is -1.89. The van der Waals surface area contributed by atoms with Crippen molar-refractivity contribution in [2.75, 3.05) is 14.2 Å². The molecule has 0 aliphatic rings. The van der Waals surface area contributed by atoms with E-state index in [4.69, 9.17) is 9.47 Å². The molecule has 0 aliphatic heterocycles. The van der Waals surface area contributed by atoms with Crippen LogP contribution in [0.2, 0.25) is 0 Å². The van der Waals surface area contributed by atoms with Crippen LogP contribution in [0, 0.1) is 6.92 Å². The van der Waals surface area contributed by atoms with E-state index in [-0.39, 0.29) is 0 Å². The van der Waals surface area contributed by atoms with Crippen LogP contribution in [-0.4, -0.2) is 19.2 Å². The van der Waals surface area contributed by atoms with Gasteiger partial charge in [-0.1, -0.05) is 6.07 Å². The van der Waals surface area contributed by atoms with Crippen LogP contribution in [-0.2, 0) is 13.1 Å². The van der Waals surface area contributed by atoms with E-state index in [1.54, 1.807) is 36.9 Å². The number of nitrogens with one attached hydrogen (secondary N) is 1. The lowest BCUT2D eigenvalue weighted by Gasteiger charge is -2.09. The van der Waals surface area contributed by atoms with Gasteiger partial charge in [-0.05, 0) is 41.6 Å². The first kappa shape index (κ1) is 17.0. The molecule has 0 fully saturated rings. The molecule has 3 rings (SSSR count). The summed E-state index contributed by atoms with van der Waals surface area (Å²) in [5, 5.41) is 6.65. The zero-order valence-corrected chi connectivity index (χ0v) is 15.6. The highest BCUT2D eigenvalue weighted by molar-refractivity contribution is 7.21. The summed E-state index contributed by atoms with van der Waals surface area (Å²) < 4.78 is 10.6. The smallest absolute Gasteiger partial charge is 0.161 e. The maximum Gasteiger partial charge on any atom is 0.161 e. The van der Waals surface area contributed by atoms with Gasteiger partial charge in [0.05, 0.1) is 19.1 Å². The minimum absolute atomic E-state index is 0.747. The summed E-state index contributed by atoms with van der Waals surface area (Å²) in [7, 11) is 3.30. The lowest BCUT2D eigenvalue weighted by Crippen LogP contribution is -2.12. The Balaban J connectivity index is 1.59. The van der Waals surface area contributed by atoms with Gasteiger partial charge in [0.2, 0.25) is 0 Å². The van der Waals surface area contributed by atoms with Crippen molar-refractivity contribution in [3.63, 3.8) is 0 Å². The van der Waals surface area contributed by atoms with Crippen LogP contribution in [0.25, 0.3) is 9.75 Å². The normalized spacial score (nSPS) is 10.8. The summed E-state index contributed by atoms with van der Waals surface area (Å²) >= 11 is 3.51. The fourth-order valence-electron chi connectivity index (χ4n) is 2.43. The predicted octanol–water partition coefficient (Wildman–Crippen LogP) is 4.49. The van der Waals surface area contributed by atoms with Crippen LogP contribution in [0.5, 0.6) is 11.5 Å². The third-order valence-electron chi connectivity index (χ3n) is 3.69. The topological polar surface area (TPSA) is 43.4 Å². The van der Waals surface area contributed by atoms with Crippen LogP contribution < -0.4 is 14.8 Å². The largest absolute Gasteiger partial charge is 0.493 e. The Morgan fingerprint density at radius 2 is 1.92 bits per heavy atom. The monoisotopic (exact) mass is 360 g/mol. The van der Waals surface area contributed by atoms with E-state index in [1.165, 1.54) is 15.3 Å². The van der Waals surface area contributed by atoms with Gasteiger partial charge in [-0.3, -0.25) is 0 Å². The SMILES string of the molecule is COc1ccc(CNCc2ncc(-c3sccc3C)s2)cc1OC. The number of aromatic nitrogens is 1. The van der Waals surface area contributed by atoms with Gasteiger partial charge in [0, 0.05) is 24.2 Å². The molecule has 1 aromatic carbocycles. The fourth-order valence-corrected chi connectivity index (χ4v) is 4.42. The molecule has 0 bridgehead atoms. The van der Waals surface area contributed by atoms with Gasteiger partial charge in [-0.2, -0.15) is 0 Å². The van der Waals surface area contributed by atoms with E-state index in [0.29, 0.717) is 0 Å². The highest BCUT2D eigenvalue weighted by atomic mass is 32.1. The number of hydrogen-bond acceptors (Lipinski definition) is 6. The lowest BCUT2D eigenvalue weighted by atomic mass is 10.2. The van der Waals surface area contributed by atoms with Crippen LogP contribution in [0.1, 0.15) is 16.1 Å². The molecular formula is C18H20N2O2S2. The Morgan fingerprint density at radius 1 is 1.08 bits per heavy atom. The van der Waals surface area contributed by atoms with E-state index in [0.717, 1.165) is 35.2 Å². The second-order valence-electron chi connectivity index (χ2n) is 5.34. The maximum absolute atomic E-state index is 5.34. The van der Waals surface area contributed by atoms with Crippen molar-refractivity contribution in [3.05, 3.63) is 52.0 Å². The zero-order valence-electron chi connectivity index (χ0n) is 14.0. The second kappa shape index (κ2) is 7.79. The third-order valence-corrected chi connectivity index (χ3v) is 5.89. The Bertz CT molecular complexity index is 811. The van der Waals surface area contributed by atoms with Gasteiger partial charge in [-0.15, -0.1) is 22.7 Å². The molecule has 2 aromatic heterocycles.